The summed E-state index contributed by atoms with van der Waals surface area (Å²) in [6.07, 6.45) is 6.88. The fraction of sp³-hybridized carbons (Fsp3) is 0.522. The molecule has 2 aromatic rings. The summed E-state index contributed by atoms with van der Waals surface area (Å²) in [4.78, 5) is 17.8. The lowest BCUT2D eigenvalue weighted by Crippen LogP contribution is -2.48. The van der Waals surface area contributed by atoms with Crippen LogP contribution in [-0.4, -0.2) is 73.2 Å². The molecule has 1 aliphatic heterocycles. The van der Waals surface area contributed by atoms with Gasteiger partial charge in [0.2, 0.25) is 5.95 Å². The summed E-state index contributed by atoms with van der Waals surface area (Å²) in [5.74, 6) is 1.73. The Morgan fingerprint density at radius 3 is 2.45 bits per heavy atom. The van der Waals surface area contributed by atoms with Crippen LogP contribution in [0.15, 0.2) is 53.8 Å². The molecule has 1 unspecified atom stereocenters. The highest BCUT2D eigenvalue weighted by atomic mass is 127. The van der Waals surface area contributed by atoms with Crippen molar-refractivity contribution in [2.45, 2.75) is 32.2 Å². The van der Waals surface area contributed by atoms with Crippen LogP contribution in [0.3, 0.4) is 0 Å². The maximum Gasteiger partial charge on any atom is 0.225 e. The van der Waals surface area contributed by atoms with E-state index in [-0.39, 0.29) is 24.0 Å². The van der Waals surface area contributed by atoms with E-state index in [1.54, 1.807) is 0 Å². The maximum atomic E-state index is 4.37. The predicted molar refractivity (Wildman–Crippen MR) is 139 cm³/mol. The molecule has 1 saturated heterocycles. The van der Waals surface area contributed by atoms with Crippen LogP contribution in [0, 0.1) is 0 Å². The summed E-state index contributed by atoms with van der Waals surface area (Å²) < 4.78 is 0. The van der Waals surface area contributed by atoms with E-state index in [0.29, 0.717) is 6.04 Å². The van der Waals surface area contributed by atoms with Crippen molar-refractivity contribution < 1.29 is 0 Å². The molecule has 0 spiro atoms. The highest BCUT2D eigenvalue weighted by Crippen LogP contribution is 2.09. The van der Waals surface area contributed by atoms with Crippen LogP contribution in [0.1, 0.15) is 25.3 Å². The maximum absolute atomic E-state index is 4.37. The smallest absolute Gasteiger partial charge is 0.225 e. The number of piperazine rings is 1. The third-order valence-electron chi connectivity index (χ3n) is 5.47. The molecule has 1 aromatic heterocycles. The van der Waals surface area contributed by atoms with Gasteiger partial charge in [-0.3, -0.25) is 9.89 Å². The zero-order valence-corrected chi connectivity index (χ0v) is 21.0. The molecule has 0 radical (unpaired) electrons. The van der Waals surface area contributed by atoms with Gasteiger partial charge in [-0.2, -0.15) is 0 Å². The lowest BCUT2D eigenvalue weighted by molar-refractivity contribution is 0.254. The molecule has 170 valence electrons. The molecule has 2 N–H and O–H groups in total. The second kappa shape index (κ2) is 14.2. The second-order valence-corrected chi connectivity index (χ2v) is 7.80. The van der Waals surface area contributed by atoms with Crippen molar-refractivity contribution in [2.75, 3.05) is 51.2 Å². The van der Waals surface area contributed by atoms with E-state index < -0.39 is 0 Å². The summed E-state index contributed by atoms with van der Waals surface area (Å²) in [5, 5.41) is 6.96. The van der Waals surface area contributed by atoms with Crippen molar-refractivity contribution in [2.24, 2.45) is 4.99 Å². The highest BCUT2D eigenvalue weighted by Gasteiger charge is 2.18. The summed E-state index contributed by atoms with van der Waals surface area (Å²) in [7, 11) is 1.84. The van der Waals surface area contributed by atoms with Crippen molar-refractivity contribution in [1.82, 2.24) is 25.5 Å². The van der Waals surface area contributed by atoms with E-state index in [2.05, 4.69) is 72.6 Å². The number of nitrogens with one attached hydrogen (secondary N) is 2. The SMILES string of the molecule is CN=C(NCCCN1CCN(c2ncccn2)CC1)NC(C)CCc1ccccc1.I. The third-order valence-corrected chi connectivity index (χ3v) is 5.47. The average Bonchev–Trinajstić information content (AvgIpc) is 2.81. The van der Waals surface area contributed by atoms with E-state index >= 15 is 0 Å². The quantitative estimate of drug-likeness (QED) is 0.222. The molecular weight excluding hydrogens is 501 g/mol. The van der Waals surface area contributed by atoms with Crippen molar-refractivity contribution >= 4 is 35.9 Å². The minimum Gasteiger partial charge on any atom is -0.356 e. The number of aromatic nitrogens is 2. The van der Waals surface area contributed by atoms with Crippen LogP contribution >= 0.6 is 24.0 Å². The monoisotopic (exact) mass is 537 g/mol. The minimum atomic E-state index is 0. The number of hydrogen-bond donors (Lipinski definition) is 2. The van der Waals surface area contributed by atoms with Gasteiger partial charge in [0, 0.05) is 58.2 Å². The van der Waals surface area contributed by atoms with Crippen molar-refractivity contribution in [3.05, 3.63) is 54.4 Å². The first-order chi connectivity index (χ1) is 14.7. The first-order valence-electron chi connectivity index (χ1n) is 11.0. The largest absolute Gasteiger partial charge is 0.356 e. The molecular formula is C23H36IN7. The topological polar surface area (TPSA) is 68.7 Å². The number of guanidine groups is 1. The highest BCUT2D eigenvalue weighted by molar-refractivity contribution is 14.0. The number of aliphatic imine (C=N–C) groups is 1. The van der Waals surface area contributed by atoms with Gasteiger partial charge in [-0.05, 0) is 44.4 Å². The summed E-state index contributed by atoms with van der Waals surface area (Å²) in [6.45, 7) is 8.32. The van der Waals surface area contributed by atoms with Gasteiger partial charge in [-0.15, -0.1) is 24.0 Å². The van der Waals surface area contributed by atoms with Gasteiger partial charge in [-0.1, -0.05) is 30.3 Å². The van der Waals surface area contributed by atoms with Crippen LogP contribution in [0.4, 0.5) is 5.95 Å². The zero-order valence-electron chi connectivity index (χ0n) is 18.7. The molecule has 0 amide bonds. The normalized spacial score (nSPS) is 15.8. The summed E-state index contributed by atoms with van der Waals surface area (Å²) in [5.41, 5.74) is 1.38. The Labute approximate surface area is 203 Å². The fourth-order valence-corrected chi connectivity index (χ4v) is 3.66. The molecule has 2 heterocycles. The number of nitrogens with zero attached hydrogens (tertiary/aromatic N) is 5. The number of aryl methyl sites for hydroxylation is 1. The number of anilines is 1. The molecule has 0 saturated carbocycles. The van der Waals surface area contributed by atoms with E-state index in [9.17, 15) is 0 Å². The van der Waals surface area contributed by atoms with Gasteiger partial charge in [0.1, 0.15) is 0 Å². The summed E-state index contributed by atoms with van der Waals surface area (Å²) in [6, 6.07) is 12.9. The van der Waals surface area contributed by atoms with E-state index in [1.165, 1.54) is 5.56 Å². The molecule has 31 heavy (non-hydrogen) atoms. The molecule has 0 bridgehead atoms. The molecule has 3 rings (SSSR count). The van der Waals surface area contributed by atoms with Crippen LogP contribution in [-0.2, 0) is 6.42 Å². The molecule has 1 fully saturated rings. The predicted octanol–water partition coefficient (Wildman–Crippen LogP) is 2.79. The van der Waals surface area contributed by atoms with E-state index in [0.717, 1.165) is 70.4 Å². The number of halogens is 1. The Balaban J connectivity index is 0.00000341. The molecule has 1 aliphatic rings. The molecule has 7 nitrogen and oxygen atoms in total. The van der Waals surface area contributed by atoms with Crippen LogP contribution < -0.4 is 15.5 Å². The van der Waals surface area contributed by atoms with Crippen molar-refractivity contribution in [3.8, 4) is 0 Å². The Hall–Kier alpha value is -1.94. The van der Waals surface area contributed by atoms with Crippen LogP contribution in [0.25, 0.3) is 0 Å². The van der Waals surface area contributed by atoms with Crippen molar-refractivity contribution in [3.63, 3.8) is 0 Å². The lowest BCUT2D eigenvalue weighted by Gasteiger charge is -2.34. The van der Waals surface area contributed by atoms with Gasteiger partial charge in [0.25, 0.3) is 0 Å². The van der Waals surface area contributed by atoms with Gasteiger partial charge in [-0.25, -0.2) is 9.97 Å². The second-order valence-electron chi connectivity index (χ2n) is 7.80. The van der Waals surface area contributed by atoms with E-state index in [1.807, 2.05) is 25.5 Å². The van der Waals surface area contributed by atoms with Crippen LogP contribution in [0.2, 0.25) is 0 Å². The van der Waals surface area contributed by atoms with Gasteiger partial charge < -0.3 is 15.5 Å². The van der Waals surface area contributed by atoms with E-state index in [4.69, 9.17) is 0 Å². The molecule has 8 heteroatoms. The number of rotatable bonds is 9. The average molecular weight is 537 g/mol. The molecule has 1 aromatic carbocycles. The Bertz CT molecular complexity index is 749. The van der Waals surface area contributed by atoms with Gasteiger partial charge in [0.05, 0.1) is 0 Å². The van der Waals surface area contributed by atoms with Crippen LogP contribution in [0.5, 0.6) is 0 Å². The standard InChI is InChI=1S/C23H35N7.HI/c1-20(10-11-21-8-4-3-5-9-21)28-22(24-2)25-14-7-15-29-16-18-30(19-17-29)23-26-12-6-13-27-23;/h3-6,8-9,12-13,20H,7,10-11,14-19H2,1-2H3,(H2,24,25,28);1H. The Morgan fingerprint density at radius 2 is 1.77 bits per heavy atom. The molecule has 0 aliphatic carbocycles. The van der Waals surface area contributed by atoms with Crippen molar-refractivity contribution in [1.29, 1.82) is 0 Å². The fourth-order valence-electron chi connectivity index (χ4n) is 3.66. The lowest BCUT2D eigenvalue weighted by atomic mass is 10.1. The first-order valence-corrected chi connectivity index (χ1v) is 11.0. The number of hydrogen-bond acceptors (Lipinski definition) is 5. The third kappa shape index (κ3) is 8.98. The minimum absolute atomic E-state index is 0. The Morgan fingerprint density at radius 1 is 1.06 bits per heavy atom. The zero-order chi connectivity index (χ0) is 21.0. The van der Waals surface area contributed by atoms with Gasteiger partial charge >= 0.3 is 0 Å². The number of benzene rings is 1. The molecule has 1 atom stereocenters. The first kappa shape index (κ1) is 25.3. The van der Waals surface area contributed by atoms with Gasteiger partial charge in [0.15, 0.2) is 5.96 Å². The Kier molecular flexibility index (Phi) is 11.6. The summed E-state index contributed by atoms with van der Waals surface area (Å²) >= 11 is 0.